The molecular weight excluding hydrogens is 556 g/mol. The minimum Gasteiger partial charge on any atom is -0.453 e. The first-order valence-electron chi connectivity index (χ1n) is 13.0. The van der Waals surface area contributed by atoms with Gasteiger partial charge in [0, 0.05) is 57.2 Å². The number of rotatable bonds is 8. The molecule has 2 N–H and O–H groups in total. The van der Waals surface area contributed by atoms with Crippen molar-refractivity contribution in [2.75, 3.05) is 63.6 Å². The molecule has 15 heteroatoms. The van der Waals surface area contributed by atoms with E-state index in [0.29, 0.717) is 55.3 Å². The molecule has 1 unspecified atom stereocenters. The number of nitrogens with one attached hydrogen (secondary N) is 2. The van der Waals surface area contributed by atoms with Crippen molar-refractivity contribution in [1.29, 1.82) is 0 Å². The number of sulfonamides is 1. The van der Waals surface area contributed by atoms with E-state index in [1.54, 1.807) is 13.0 Å². The maximum absolute atomic E-state index is 13.3. The number of piperazine rings is 1. The standard InChI is InChI=1S/C25H32N8O5S2/c1-16(28-21-18-6-4-7-19(20(18)26-15-27-21)22(34)32-8-5-9-32)14-31-10-12-33(13-11-31)40(36,37)23-17(2)29-24(39-23)30-25(35)38-3/h4,6-7,15-16H,5,8-14H2,1-3H3,(H,26,27,28)(H,29,30,35). The number of likely N-dealkylation sites (tertiary alicyclic amines) is 1. The molecule has 214 valence electrons. The van der Waals surface area contributed by atoms with Crippen molar-refractivity contribution in [2.24, 2.45) is 0 Å². The van der Waals surface area contributed by atoms with Crippen LogP contribution in [0.15, 0.2) is 28.7 Å². The number of benzene rings is 1. The van der Waals surface area contributed by atoms with Gasteiger partial charge in [-0.15, -0.1) is 0 Å². The Hall–Kier alpha value is -3.40. The second-order valence-corrected chi connectivity index (χ2v) is 13.0. The number of nitrogens with zero attached hydrogens (tertiary/aromatic N) is 6. The maximum Gasteiger partial charge on any atom is 0.413 e. The van der Waals surface area contributed by atoms with Gasteiger partial charge >= 0.3 is 6.09 Å². The van der Waals surface area contributed by atoms with E-state index in [2.05, 4.69) is 35.2 Å². The molecule has 0 bridgehead atoms. The highest BCUT2D eigenvalue weighted by Crippen LogP contribution is 2.30. The number of thiazole rings is 1. The second-order valence-electron chi connectivity index (χ2n) is 9.83. The quantitative estimate of drug-likeness (QED) is 0.401. The Bertz CT molecular complexity index is 1520. The Balaban J connectivity index is 1.20. The van der Waals surface area contributed by atoms with E-state index in [-0.39, 0.29) is 21.3 Å². The number of hydrogen-bond donors (Lipinski definition) is 2. The smallest absolute Gasteiger partial charge is 0.413 e. The fraction of sp³-hybridized carbons (Fsp3) is 0.480. The van der Waals surface area contributed by atoms with Crippen LogP contribution in [0.1, 0.15) is 29.4 Å². The van der Waals surface area contributed by atoms with Crippen molar-refractivity contribution in [2.45, 2.75) is 30.5 Å². The number of fused-ring (bicyclic) bond motifs is 1. The summed E-state index contributed by atoms with van der Waals surface area (Å²) in [5.41, 5.74) is 1.55. The maximum atomic E-state index is 13.3. The number of aryl methyl sites for hydroxylation is 1. The van der Waals surface area contributed by atoms with Crippen LogP contribution < -0.4 is 10.6 Å². The summed E-state index contributed by atoms with van der Waals surface area (Å²) in [6.07, 6.45) is 1.79. The Labute approximate surface area is 236 Å². The summed E-state index contributed by atoms with van der Waals surface area (Å²) in [5, 5.41) is 6.85. The van der Waals surface area contributed by atoms with Crippen molar-refractivity contribution >= 4 is 55.2 Å². The molecule has 2 aliphatic heterocycles. The second kappa shape index (κ2) is 11.6. The van der Waals surface area contributed by atoms with Gasteiger partial charge in [0.15, 0.2) is 9.34 Å². The average molecular weight is 589 g/mol. The summed E-state index contributed by atoms with van der Waals surface area (Å²) in [7, 11) is -2.52. The molecule has 5 rings (SSSR count). The van der Waals surface area contributed by atoms with Crippen molar-refractivity contribution < 1.29 is 22.7 Å². The van der Waals surface area contributed by atoms with Crippen LogP contribution in [0.2, 0.25) is 0 Å². The number of carbonyl (C=O) groups excluding carboxylic acids is 2. The zero-order chi connectivity index (χ0) is 28.4. The van der Waals surface area contributed by atoms with Crippen molar-refractivity contribution in [3.63, 3.8) is 0 Å². The normalized spacial score (nSPS) is 17.3. The third-order valence-corrected chi connectivity index (χ3v) is 10.6. The van der Waals surface area contributed by atoms with Crippen molar-refractivity contribution in [1.82, 2.24) is 29.1 Å². The fourth-order valence-electron chi connectivity index (χ4n) is 4.81. The molecule has 1 atom stereocenters. The first-order chi connectivity index (χ1) is 19.2. The van der Waals surface area contributed by atoms with Crippen LogP contribution in [0.3, 0.4) is 0 Å². The monoisotopic (exact) mass is 588 g/mol. The highest BCUT2D eigenvalue weighted by Gasteiger charge is 2.32. The van der Waals surface area contributed by atoms with Gasteiger partial charge in [0.25, 0.3) is 15.9 Å². The minimum absolute atomic E-state index is 0.00620. The van der Waals surface area contributed by atoms with Crippen LogP contribution in [-0.4, -0.2) is 108 Å². The molecule has 0 aliphatic carbocycles. The van der Waals surface area contributed by atoms with Gasteiger partial charge < -0.3 is 15.0 Å². The van der Waals surface area contributed by atoms with E-state index in [1.165, 1.54) is 17.7 Å². The van der Waals surface area contributed by atoms with Gasteiger partial charge in [-0.25, -0.2) is 28.2 Å². The third kappa shape index (κ3) is 5.73. The predicted molar refractivity (Wildman–Crippen MR) is 151 cm³/mol. The molecular formula is C25H32N8O5S2. The highest BCUT2D eigenvalue weighted by molar-refractivity contribution is 7.91. The predicted octanol–water partition coefficient (Wildman–Crippen LogP) is 2.23. The Kier molecular flexibility index (Phi) is 8.16. The van der Waals surface area contributed by atoms with Gasteiger partial charge in [0.05, 0.1) is 23.9 Å². The van der Waals surface area contributed by atoms with E-state index < -0.39 is 16.1 Å². The van der Waals surface area contributed by atoms with E-state index >= 15 is 0 Å². The van der Waals surface area contributed by atoms with Crippen LogP contribution in [0.25, 0.3) is 10.9 Å². The van der Waals surface area contributed by atoms with Gasteiger partial charge in [-0.1, -0.05) is 17.4 Å². The molecule has 4 heterocycles. The molecule has 0 radical (unpaired) electrons. The third-order valence-electron chi connectivity index (χ3n) is 7.01. The van der Waals surface area contributed by atoms with Crippen LogP contribution in [0, 0.1) is 6.92 Å². The number of hydrogen-bond acceptors (Lipinski definition) is 11. The average Bonchev–Trinajstić information content (AvgIpc) is 3.28. The number of para-hydroxylation sites is 1. The Morgan fingerprint density at radius 2 is 1.88 bits per heavy atom. The van der Waals surface area contributed by atoms with Gasteiger partial charge in [-0.3, -0.25) is 15.0 Å². The van der Waals surface area contributed by atoms with Crippen LogP contribution in [0.5, 0.6) is 0 Å². The molecule has 0 saturated carbocycles. The molecule has 2 fully saturated rings. The first-order valence-corrected chi connectivity index (χ1v) is 15.3. The van der Waals surface area contributed by atoms with Gasteiger partial charge in [0.2, 0.25) is 0 Å². The zero-order valence-corrected chi connectivity index (χ0v) is 24.2. The summed E-state index contributed by atoms with van der Waals surface area (Å²) in [4.78, 5) is 41.4. The lowest BCUT2D eigenvalue weighted by Gasteiger charge is -2.35. The van der Waals surface area contributed by atoms with Gasteiger partial charge in [-0.2, -0.15) is 4.31 Å². The number of amides is 2. The number of aromatic nitrogens is 3. The van der Waals surface area contributed by atoms with E-state index in [0.717, 1.165) is 36.2 Å². The molecule has 2 aromatic heterocycles. The van der Waals surface area contributed by atoms with Crippen LogP contribution >= 0.6 is 11.3 Å². The van der Waals surface area contributed by atoms with Crippen LogP contribution in [-0.2, 0) is 14.8 Å². The van der Waals surface area contributed by atoms with Crippen molar-refractivity contribution in [3.8, 4) is 0 Å². The number of ether oxygens (including phenoxy) is 1. The van der Waals surface area contributed by atoms with Crippen LogP contribution in [0.4, 0.5) is 15.7 Å². The van der Waals surface area contributed by atoms with E-state index in [9.17, 15) is 18.0 Å². The zero-order valence-electron chi connectivity index (χ0n) is 22.6. The molecule has 2 saturated heterocycles. The molecule has 0 spiro atoms. The lowest BCUT2D eigenvalue weighted by atomic mass is 10.1. The van der Waals surface area contributed by atoms with Gasteiger partial charge in [0.1, 0.15) is 12.1 Å². The molecule has 3 aromatic rings. The molecule has 2 aliphatic rings. The summed E-state index contributed by atoms with van der Waals surface area (Å²) in [5.74, 6) is 0.654. The molecule has 13 nitrogen and oxygen atoms in total. The van der Waals surface area contributed by atoms with E-state index in [4.69, 9.17) is 0 Å². The molecule has 2 amide bonds. The lowest BCUT2D eigenvalue weighted by molar-refractivity contribution is 0.0653. The number of carbonyl (C=O) groups is 2. The Morgan fingerprint density at radius 3 is 2.55 bits per heavy atom. The summed E-state index contributed by atoms with van der Waals surface area (Å²) >= 11 is 0.914. The summed E-state index contributed by atoms with van der Waals surface area (Å²) < 4.78 is 32.7. The first kappa shape index (κ1) is 28.1. The number of methoxy groups -OCH3 is 1. The summed E-state index contributed by atoms with van der Waals surface area (Å²) in [6.45, 7) is 7.68. The highest BCUT2D eigenvalue weighted by atomic mass is 32.2. The summed E-state index contributed by atoms with van der Waals surface area (Å²) in [6, 6.07) is 5.58. The number of anilines is 2. The minimum atomic E-state index is -3.75. The lowest BCUT2D eigenvalue weighted by Crippen LogP contribution is -2.50. The topological polar surface area (TPSA) is 150 Å². The van der Waals surface area contributed by atoms with Gasteiger partial charge in [-0.05, 0) is 32.4 Å². The Morgan fingerprint density at radius 1 is 1.12 bits per heavy atom. The van der Waals surface area contributed by atoms with Crippen molar-refractivity contribution in [3.05, 3.63) is 35.8 Å². The SMILES string of the molecule is COC(=O)Nc1nc(C)c(S(=O)(=O)N2CCN(CC(C)Nc3ncnc4c(C(=O)N5CCC5)cccc34)CC2)s1. The fourth-order valence-corrected chi connectivity index (χ4v) is 7.77. The van der Waals surface area contributed by atoms with E-state index in [1.807, 2.05) is 24.0 Å². The molecule has 1 aromatic carbocycles. The molecule has 40 heavy (non-hydrogen) atoms. The largest absolute Gasteiger partial charge is 0.453 e.